The minimum Gasteiger partial charge on any atom is -0.508 e. The first-order chi connectivity index (χ1) is 9.06. The fourth-order valence-electron chi connectivity index (χ4n) is 2.63. The molecule has 0 heterocycles. The number of amides is 1. The smallest absolute Gasteiger partial charge is 0.255 e. The largest absolute Gasteiger partial charge is 0.508 e. The second kappa shape index (κ2) is 5.48. The SMILES string of the molecule is NCC1(NC(=O)c2ccc(O)cc2O)CCCCC1. The van der Waals surface area contributed by atoms with E-state index in [9.17, 15) is 15.0 Å². The third-order valence-electron chi connectivity index (χ3n) is 3.81. The number of carbonyl (C=O) groups is 1. The Balaban J connectivity index is 2.15. The Kier molecular flexibility index (Phi) is 3.95. The van der Waals surface area contributed by atoms with Gasteiger partial charge in [-0.2, -0.15) is 0 Å². The number of aromatic hydroxyl groups is 2. The number of nitrogens with two attached hydrogens (primary N) is 1. The van der Waals surface area contributed by atoms with Crippen molar-refractivity contribution in [3.05, 3.63) is 23.8 Å². The van der Waals surface area contributed by atoms with E-state index in [1.54, 1.807) is 0 Å². The first-order valence-electron chi connectivity index (χ1n) is 6.61. The monoisotopic (exact) mass is 264 g/mol. The molecule has 0 saturated heterocycles. The van der Waals surface area contributed by atoms with E-state index < -0.39 is 0 Å². The number of hydrogen-bond donors (Lipinski definition) is 4. The lowest BCUT2D eigenvalue weighted by atomic mass is 9.81. The van der Waals surface area contributed by atoms with Crippen molar-refractivity contribution < 1.29 is 15.0 Å². The van der Waals surface area contributed by atoms with Gasteiger partial charge in [-0.3, -0.25) is 4.79 Å². The van der Waals surface area contributed by atoms with Crippen LogP contribution in [0.15, 0.2) is 18.2 Å². The zero-order chi connectivity index (χ0) is 13.9. The third-order valence-corrected chi connectivity index (χ3v) is 3.81. The average molecular weight is 264 g/mol. The van der Waals surface area contributed by atoms with Gasteiger partial charge in [-0.05, 0) is 25.0 Å². The van der Waals surface area contributed by atoms with Crippen LogP contribution >= 0.6 is 0 Å². The van der Waals surface area contributed by atoms with Gasteiger partial charge in [0.05, 0.1) is 11.1 Å². The molecule has 1 fully saturated rings. The van der Waals surface area contributed by atoms with Crippen molar-refractivity contribution in [2.24, 2.45) is 5.73 Å². The van der Waals surface area contributed by atoms with Gasteiger partial charge < -0.3 is 21.3 Å². The minimum atomic E-state index is -0.361. The molecule has 1 aliphatic carbocycles. The predicted molar refractivity (Wildman–Crippen MR) is 72.1 cm³/mol. The Hall–Kier alpha value is -1.75. The highest BCUT2D eigenvalue weighted by Gasteiger charge is 2.32. The van der Waals surface area contributed by atoms with Crippen molar-refractivity contribution in [3.63, 3.8) is 0 Å². The third kappa shape index (κ3) is 2.98. The molecule has 0 aromatic heterocycles. The highest BCUT2D eigenvalue weighted by atomic mass is 16.3. The van der Waals surface area contributed by atoms with E-state index in [0.29, 0.717) is 6.54 Å². The lowest BCUT2D eigenvalue weighted by Crippen LogP contribution is -2.54. The van der Waals surface area contributed by atoms with Crippen molar-refractivity contribution in [3.8, 4) is 11.5 Å². The lowest BCUT2D eigenvalue weighted by molar-refractivity contribution is 0.0872. The Labute approximate surface area is 112 Å². The summed E-state index contributed by atoms with van der Waals surface area (Å²) in [6.45, 7) is 0.400. The Morgan fingerprint density at radius 1 is 1.26 bits per heavy atom. The van der Waals surface area contributed by atoms with E-state index in [-0.39, 0.29) is 28.5 Å². The van der Waals surface area contributed by atoms with Crippen LogP contribution in [0, 0.1) is 0 Å². The number of carbonyl (C=O) groups excluding carboxylic acids is 1. The first kappa shape index (κ1) is 13.7. The van der Waals surface area contributed by atoms with Crippen LogP contribution in [0.4, 0.5) is 0 Å². The molecule has 5 nitrogen and oxygen atoms in total. The quantitative estimate of drug-likeness (QED) is 0.665. The molecule has 0 bridgehead atoms. The van der Waals surface area contributed by atoms with Gasteiger partial charge in [-0.15, -0.1) is 0 Å². The Morgan fingerprint density at radius 2 is 1.95 bits per heavy atom. The van der Waals surface area contributed by atoms with Gasteiger partial charge in [0, 0.05) is 12.6 Å². The van der Waals surface area contributed by atoms with E-state index in [4.69, 9.17) is 5.73 Å². The number of phenolic OH excluding ortho intramolecular Hbond substituents is 2. The molecule has 0 aliphatic heterocycles. The molecule has 2 rings (SSSR count). The van der Waals surface area contributed by atoms with Gasteiger partial charge in [-0.25, -0.2) is 0 Å². The van der Waals surface area contributed by atoms with Crippen LogP contribution in [0.25, 0.3) is 0 Å². The molecule has 104 valence electrons. The summed E-state index contributed by atoms with van der Waals surface area (Å²) in [5, 5.41) is 21.9. The fraction of sp³-hybridized carbons (Fsp3) is 0.500. The molecule has 0 atom stereocenters. The molecule has 0 unspecified atom stereocenters. The van der Waals surface area contributed by atoms with E-state index in [1.165, 1.54) is 18.6 Å². The zero-order valence-electron chi connectivity index (χ0n) is 10.9. The molecule has 1 saturated carbocycles. The molecule has 1 aromatic rings. The summed E-state index contributed by atoms with van der Waals surface area (Å²) in [5.41, 5.74) is 5.61. The standard InChI is InChI=1S/C14H20N2O3/c15-9-14(6-2-1-3-7-14)16-13(19)11-5-4-10(17)8-12(11)18/h4-5,8,17-18H,1-3,6-7,9,15H2,(H,16,19). The number of benzene rings is 1. The maximum absolute atomic E-state index is 12.2. The van der Waals surface area contributed by atoms with Crippen molar-refractivity contribution in [2.75, 3.05) is 6.54 Å². The number of nitrogens with one attached hydrogen (secondary N) is 1. The number of phenols is 2. The molecule has 19 heavy (non-hydrogen) atoms. The average Bonchev–Trinajstić information content (AvgIpc) is 2.39. The summed E-state index contributed by atoms with van der Waals surface area (Å²) in [5.74, 6) is -0.634. The minimum absolute atomic E-state index is 0.0692. The zero-order valence-corrected chi connectivity index (χ0v) is 10.9. The summed E-state index contributed by atoms with van der Waals surface area (Å²) in [4.78, 5) is 12.2. The first-order valence-corrected chi connectivity index (χ1v) is 6.61. The van der Waals surface area contributed by atoms with E-state index in [2.05, 4.69) is 5.32 Å². The van der Waals surface area contributed by atoms with Gasteiger partial charge >= 0.3 is 0 Å². The van der Waals surface area contributed by atoms with Crippen molar-refractivity contribution in [1.82, 2.24) is 5.32 Å². The fourth-order valence-corrected chi connectivity index (χ4v) is 2.63. The van der Waals surface area contributed by atoms with E-state index in [0.717, 1.165) is 31.7 Å². The predicted octanol–water partition coefficient (Wildman–Crippen LogP) is 1.49. The molecule has 0 radical (unpaired) electrons. The molecule has 1 amide bonds. The van der Waals surface area contributed by atoms with Crippen molar-refractivity contribution in [1.29, 1.82) is 0 Å². The molecular formula is C14H20N2O3. The van der Waals surface area contributed by atoms with E-state index >= 15 is 0 Å². The topological polar surface area (TPSA) is 95.6 Å². The summed E-state index contributed by atoms with van der Waals surface area (Å²) in [6.07, 6.45) is 5.02. The van der Waals surface area contributed by atoms with Gasteiger partial charge in [0.15, 0.2) is 0 Å². The van der Waals surface area contributed by atoms with Gasteiger partial charge in [-0.1, -0.05) is 19.3 Å². The maximum atomic E-state index is 12.2. The van der Waals surface area contributed by atoms with Gasteiger partial charge in [0.1, 0.15) is 11.5 Å². The normalized spacial score (nSPS) is 17.9. The Bertz CT molecular complexity index is 468. The molecule has 1 aromatic carbocycles. The van der Waals surface area contributed by atoms with Crippen LogP contribution < -0.4 is 11.1 Å². The van der Waals surface area contributed by atoms with Crippen LogP contribution in [0.1, 0.15) is 42.5 Å². The van der Waals surface area contributed by atoms with Crippen LogP contribution in [-0.2, 0) is 0 Å². The molecule has 5 heteroatoms. The van der Waals surface area contributed by atoms with E-state index in [1.807, 2.05) is 0 Å². The molecular weight excluding hydrogens is 244 g/mol. The number of hydrogen-bond acceptors (Lipinski definition) is 4. The van der Waals surface area contributed by atoms with Crippen LogP contribution in [0.5, 0.6) is 11.5 Å². The van der Waals surface area contributed by atoms with Crippen LogP contribution in [0.2, 0.25) is 0 Å². The van der Waals surface area contributed by atoms with Gasteiger partial charge in [0.25, 0.3) is 5.91 Å². The maximum Gasteiger partial charge on any atom is 0.255 e. The number of rotatable bonds is 3. The Morgan fingerprint density at radius 3 is 2.53 bits per heavy atom. The second-order valence-electron chi connectivity index (χ2n) is 5.20. The highest BCUT2D eigenvalue weighted by Crippen LogP contribution is 2.29. The summed E-state index contributed by atoms with van der Waals surface area (Å²) < 4.78 is 0. The lowest BCUT2D eigenvalue weighted by Gasteiger charge is -2.37. The highest BCUT2D eigenvalue weighted by molar-refractivity contribution is 5.97. The molecule has 5 N–H and O–H groups in total. The summed E-state index contributed by atoms with van der Waals surface area (Å²) in [7, 11) is 0. The van der Waals surface area contributed by atoms with Gasteiger partial charge in [0.2, 0.25) is 0 Å². The van der Waals surface area contributed by atoms with Crippen LogP contribution in [-0.4, -0.2) is 28.2 Å². The van der Waals surface area contributed by atoms with Crippen LogP contribution in [0.3, 0.4) is 0 Å². The molecule has 1 aliphatic rings. The molecule has 0 spiro atoms. The van der Waals surface area contributed by atoms with Crippen molar-refractivity contribution in [2.45, 2.75) is 37.6 Å². The summed E-state index contributed by atoms with van der Waals surface area (Å²) >= 11 is 0. The second-order valence-corrected chi connectivity index (χ2v) is 5.20. The van der Waals surface area contributed by atoms with Crippen molar-refractivity contribution >= 4 is 5.91 Å². The summed E-state index contributed by atoms with van der Waals surface area (Å²) in [6, 6.07) is 3.95.